The average Bonchev–Trinajstić information content (AvgIpc) is 3.08. The van der Waals surface area contributed by atoms with Gasteiger partial charge in [0.15, 0.2) is 0 Å². The number of halogens is 1. The highest BCUT2D eigenvalue weighted by Gasteiger charge is 2.38. The molecule has 3 amide bonds. The predicted molar refractivity (Wildman–Crippen MR) is 98.5 cm³/mol. The normalized spacial score (nSPS) is 18.3. The highest BCUT2D eigenvalue weighted by molar-refractivity contribution is 6.37. The first kappa shape index (κ1) is 16.8. The number of carbonyl (C=O) groups excluding carboxylic acids is 3. The van der Waals surface area contributed by atoms with Crippen molar-refractivity contribution in [1.82, 2.24) is 4.90 Å². The molecule has 0 radical (unpaired) electrons. The zero-order chi connectivity index (χ0) is 18.4. The van der Waals surface area contributed by atoms with Gasteiger partial charge in [-0.1, -0.05) is 35.9 Å². The predicted octanol–water partition coefficient (Wildman–Crippen LogP) is 3.30. The number of fused-ring (bicyclic) bond motifs is 2. The zero-order valence-corrected chi connectivity index (χ0v) is 15.0. The van der Waals surface area contributed by atoms with E-state index in [-0.39, 0.29) is 35.5 Å². The summed E-state index contributed by atoms with van der Waals surface area (Å²) >= 11 is 6.06. The van der Waals surface area contributed by atoms with Crippen LogP contribution >= 0.6 is 11.6 Å². The Morgan fingerprint density at radius 3 is 2.65 bits per heavy atom. The maximum atomic E-state index is 12.8. The number of hydrogen-bond donors (Lipinski definition) is 0. The first-order chi connectivity index (χ1) is 12.5. The van der Waals surface area contributed by atoms with Gasteiger partial charge in [-0.3, -0.25) is 19.3 Å². The van der Waals surface area contributed by atoms with Crippen molar-refractivity contribution in [3.05, 3.63) is 64.2 Å². The molecule has 2 aliphatic rings. The maximum absolute atomic E-state index is 12.8. The number of carbonyl (C=O) groups is 3. The molecule has 0 fully saturated rings. The Bertz CT molecular complexity index is 940. The summed E-state index contributed by atoms with van der Waals surface area (Å²) in [5.74, 6) is -0.918. The first-order valence-electron chi connectivity index (χ1n) is 8.53. The van der Waals surface area contributed by atoms with Crippen molar-refractivity contribution < 1.29 is 14.4 Å². The highest BCUT2D eigenvalue weighted by atomic mass is 35.5. The monoisotopic (exact) mass is 368 g/mol. The van der Waals surface area contributed by atoms with Gasteiger partial charge in [-0.05, 0) is 37.1 Å². The Morgan fingerprint density at radius 1 is 1.12 bits per heavy atom. The van der Waals surface area contributed by atoms with Gasteiger partial charge >= 0.3 is 0 Å². The van der Waals surface area contributed by atoms with E-state index >= 15 is 0 Å². The molecule has 26 heavy (non-hydrogen) atoms. The molecule has 0 saturated heterocycles. The van der Waals surface area contributed by atoms with Crippen LogP contribution in [-0.4, -0.2) is 35.2 Å². The van der Waals surface area contributed by atoms with E-state index in [4.69, 9.17) is 11.6 Å². The summed E-state index contributed by atoms with van der Waals surface area (Å²) in [4.78, 5) is 40.7. The van der Waals surface area contributed by atoms with Crippen molar-refractivity contribution in [2.24, 2.45) is 0 Å². The molecular weight excluding hydrogens is 352 g/mol. The van der Waals surface area contributed by atoms with Gasteiger partial charge in [0, 0.05) is 24.7 Å². The van der Waals surface area contributed by atoms with Crippen molar-refractivity contribution in [1.29, 1.82) is 0 Å². The van der Waals surface area contributed by atoms with Crippen LogP contribution in [0.15, 0.2) is 42.5 Å². The van der Waals surface area contributed by atoms with Gasteiger partial charge in [0.1, 0.15) is 0 Å². The highest BCUT2D eigenvalue weighted by Crippen LogP contribution is 2.33. The van der Waals surface area contributed by atoms with Crippen LogP contribution in [0.25, 0.3) is 0 Å². The molecule has 5 nitrogen and oxygen atoms in total. The van der Waals surface area contributed by atoms with Gasteiger partial charge in [-0.25, -0.2) is 0 Å². The number of rotatable bonds is 3. The third kappa shape index (κ3) is 2.51. The van der Waals surface area contributed by atoms with Crippen LogP contribution in [0.3, 0.4) is 0 Å². The minimum absolute atomic E-state index is 0.0485. The second-order valence-electron chi connectivity index (χ2n) is 6.62. The van der Waals surface area contributed by atoms with Crippen molar-refractivity contribution in [3.8, 4) is 0 Å². The molecular formula is C20H17ClN2O3. The van der Waals surface area contributed by atoms with Crippen LogP contribution in [0.1, 0.15) is 39.6 Å². The molecule has 2 heterocycles. The molecule has 0 spiro atoms. The topological polar surface area (TPSA) is 57.7 Å². The SMILES string of the molecule is CC1Cc2ccccc2N1C(=O)CCN1C(=O)c2cccc(Cl)c2C1=O. The second kappa shape index (κ2) is 6.25. The molecule has 2 aromatic carbocycles. The summed E-state index contributed by atoms with van der Waals surface area (Å²) < 4.78 is 0. The molecule has 2 aromatic rings. The van der Waals surface area contributed by atoms with Crippen LogP contribution in [0.5, 0.6) is 0 Å². The summed E-state index contributed by atoms with van der Waals surface area (Å²) in [5, 5.41) is 0.261. The summed E-state index contributed by atoms with van der Waals surface area (Å²) in [6, 6.07) is 12.7. The van der Waals surface area contributed by atoms with Crippen molar-refractivity contribution in [3.63, 3.8) is 0 Å². The van der Waals surface area contributed by atoms with Gasteiger partial charge in [0.25, 0.3) is 11.8 Å². The standard InChI is InChI=1S/C20H17ClN2O3/c1-12-11-13-5-2-3-8-16(13)23(12)17(24)9-10-22-19(25)14-6-4-7-15(21)18(14)20(22)26/h2-8,12H,9-11H2,1H3. The molecule has 0 aliphatic carbocycles. The number of benzene rings is 2. The minimum atomic E-state index is -0.432. The minimum Gasteiger partial charge on any atom is -0.309 e. The van der Waals surface area contributed by atoms with Crippen LogP contribution in [-0.2, 0) is 11.2 Å². The quantitative estimate of drug-likeness (QED) is 0.781. The van der Waals surface area contributed by atoms with E-state index in [0.29, 0.717) is 5.56 Å². The van der Waals surface area contributed by atoms with Crippen molar-refractivity contribution >= 4 is 35.0 Å². The van der Waals surface area contributed by atoms with Crippen LogP contribution < -0.4 is 4.90 Å². The summed E-state index contributed by atoms with van der Waals surface area (Å²) in [5.41, 5.74) is 2.58. The zero-order valence-electron chi connectivity index (χ0n) is 14.2. The van der Waals surface area contributed by atoms with Crippen LogP contribution in [0.2, 0.25) is 5.02 Å². The number of anilines is 1. The Labute approximate surface area is 156 Å². The second-order valence-corrected chi connectivity index (χ2v) is 7.03. The Balaban J connectivity index is 1.50. The maximum Gasteiger partial charge on any atom is 0.263 e. The number of nitrogens with zero attached hydrogens (tertiary/aromatic N) is 2. The Hall–Kier alpha value is -2.66. The number of imide groups is 1. The lowest BCUT2D eigenvalue weighted by atomic mass is 10.1. The van der Waals surface area contributed by atoms with Gasteiger partial charge in [-0.15, -0.1) is 0 Å². The molecule has 2 aliphatic heterocycles. The van der Waals surface area contributed by atoms with E-state index in [1.807, 2.05) is 31.2 Å². The molecule has 1 unspecified atom stereocenters. The Morgan fingerprint density at radius 2 is 1.88 bits per heavy atom. The van der Waals surface area contributed by atoms with Gasteiger partial charge in [-0.2, -0.15) is 0 Å². The third-order valence-corrected chi connectivity index (χ3v) is 5.29. The van der Waals surface area contributed by atoms with Crippen LogP contribution in [0.4, 0.5) is 5.69 Å². The number of para-hydroxylation sites is 1. The summed E-state index contributed by atoms with van der Waals surface area (Å²) in [6.45, 7) is 2.05. The summed E-state index contributed by atoms with van der Waals surface area (Å²) in [6.07, 6.45) is 0.895. The smallest absolute Gasteiger partial charge is 0.263 e. The third-order valence-electron chi connectivity index (χ3n) is 4.97. The van der Waals surface area contributed by atoms with Gasteiger partial charge in [0.2, 0.25) is 5.91 Å². The summed E-state index contributed by atoms with van der Waals surface area (Å²) in [7, 11) is 0. The fraction of sp³-hybridized carbons (Fsp3) is 0.250. The lowest BCUT2D eigenvalue weighted by molar-refractivity contribution is -0.119. The van der Waals surface area contributed by atoms with Crippen molar-refractivity contribution in [2.45, 2.75) is 25.8 Å². The Kier molecular flexibility index (Phi) is 4.04. The van der Waals surface area contributed by atoms with E-state index in [1.165, 1.54) is 0 Å². The fourth-order valence-corrected chi connectivity index (χ4v) is 4.02. The average molecular weight is 369 g/mol. The molecule has 0 bridgehead atoms. The van der Waals surface area contributed by atoms with Gasteiger partial charge in [0.05, 0.1) is 16.1 Å². The van der Waals surface area contributed by atoms with E-state index in [0.717, 1.165) is 22.6 Å². The van der Waals surface area contributed by atoms with E-state index in [1.54, 1.807) is 23.1 Å². The van der Waals surface area contributed by atoms with E-state index < -0.39 is 11.8 Å². The first-order valence-corrected chi connectivity index (χ1v) is 8.91. The molecule has 6 heteroatoms. The molecule has 132 valence electrons. The number of hydrogen-bond acceptors (Lipinski definition) is 3. The van der Waals surface area contributed by atoms with Crippen molar-refractivity contribution in [2.75, 3.05) is 11.4 Å². The molecule has 0 aromatic heterocycles. The molecule has 0 N–H and O–H groups in total. The van der Waals surface area contributed by atoms with E-state index in [9.17, 15) is 14.4 Å². The largest absolute Gasteiger partial charge is 0.309 e. The number of amides is 3. The fourth-order valence-electron chi connectivity index (χ4n) is 3.77. The lowest BCUT2D eigenvalue weighted by Crippen LogP contribution is -2.39. The van der Waals surface area contributed by atoms with Crippen LogP contribution in [0, 0.1) is 0 Å². The molecule has 4 rings (SSSR count). The molecule has 1 atom stereocenters. The lowest BCUT2D eigenvalue weighted by Gasteiger charge is -2.24. The molecule has 0 saturated carbocycles. The van der Waals surface area contributed by atoms with E-state index in [2.05, 4.69) is 0 Å². The van der Waals surface area contributed by atoms with Gasteiger partial charge < -0.3 is 4.90 Å².